The van der Waals surface area contributed by atoms with Crippen molar-refractivity contribution in [2.24, 2.45) is 7.05 Å². The minimum Gasteiger partial charge on any atom is -0.468 e. The molecule has 7 heteroatoms. The average molecular weight is 258 g/mol. The lowest BCUT2D eigenvalue weighted by Gasteiger charge is -2.26. The van der Waals surface area contributed by atoms with E-state index in [1.54, 1.807) is 6.33 Å². The van der Waals surface area contributed by atoms with E-state index in [-0.39, 0.29) is 5.97 Å². The number of nitrogens with one attached hydrogen (secondary N) is 1. The molecular weight excluding hydrogens is 240 g/mol. The molecule has 1 atom stereocenters. The standard InChI is InChI=1S/C10H18N4O2S/c1-5-11-10(2,8(15)16-4)6-17-9-13-12-7-14(9)3/h7,11H,5-6H2,1-4H3. The zero-order chi connectivity index (χ0) is 12.9. The zero-order valence-corrected chi connectivity index (χ0v) is 11.4. The van der Waals surface area contributed by atoms with Crippen molar-refractivity contribution >= 4 is 17.7 Å². The number of nitrogens with zero attached hydrogens (tertiary/aromatic N) is 3. The Kier molecular flexibility index (Phi) is 4.95. The van der Waals surface area contributed by atoms with E-state index in [1.165, 1.54) is 18.9 Å². The highest BCUT2D eigenvalue weighted by Crippen LogP contribution is 2.21. The lowest BCUT2D eigenvalue weighted by atomic mass is 10.1. The molecule has 0 aliphatic carbocycles. The van der Waals surface area contributed by atoms with Gasteiger partial charge in [0.2, 0.25) is 0 Å². The Hall–Kier alpha value is -1.08. The van der Waals surface area contributed by atoms with Gasteiger partial charge < -0.3 is 14.6 Å². The summed E-state index contributed by atoms with van der Waals surface area (Å²) in [5.41, 5.74) is -0.708. The second-order valence-corrected chi connectivity index (χ2v) is 4.81. The van der Waals surface area contributed by atoms with E-state index in [9.17, 15) is 4.79 Å². The van der Waals surface area contributed by atoms with E-state index < -0.39 is 5.54 Å². The second kappa shape index (κ2) is 6.02. The first-order valence-corrected chi connectivity index (χ1v) is 6.32. The van der Waals surface area contributed by atoms with Crippen LogP contribution >= 0.6 is 11.8 Å². The molecule has 1 aromatic rings. The first-order valence-electron chi connectivity index (χ1n) is 5.33. The molecule has 0 aromatic carbocycles. The summed E-state index contributed by atoms with van der Waals surface area (Å²) in [7, 11) is 3.26. The van der Waals surface area contributed by atoms with E-state index in [1.807, 2.05) is 25.5 Å². The topological polar surface area (TPSA) is 69.0 Å². The number of ether oxygens (including phenoxy) is 1. The van der Waals surface area contributed by atoms with E-state index in [2.05, 4.69) is 15.5 Å². The third-order valence-corrected chi connectivity index (χ3v) is 3.71. The van der Waals surface area contributed by atoms with Crippen LogP contribution in [0.5, 0.6) is 0 Å². The summed E-state index contributed by atoms with van der Waals surface area (Å²) < 4.78 is 6.62. The Morgan fingerprint density at radius 2 is 2.41 bits per heavy atom. The van der Waals surface area contributed by atoms with Crippen molar-refractivity contribution in [2.45, 2.75) is 24.5 Å². The number of hydrogen-bond acceptors (Lipinski definition) is 6. The number of methoxy groups -OCH3 is 1. The molecule has 0 fully saturated rings. The van der Waals surface area contributed by atoms with Gasteiger partial charge in [0, 0.05) is 12.8 Å². The first kappa shape index (κ1) is 14.0. The lowest BCUT2D eigenvalue weighted by molar-refractivity contribution is -0.146. The molecule has 0 aliphatic rings. The van der Waals surface area contributed by atoms with Gasteiger partial charge in [-0.2, -0.15) is 0 Å². The molecule has 1 aromatic heterocycles. The van der Waals surface area contributed by atoms with Crippen LogP contribution in [-0.2, 0) is 16.6 Å². The normalized spacial score (nSPS) is 14.4. The predicted octanol–water partition coefficient (Wildman–Crippen LogP) is 0.448. The fourth-order valence-corrected chi connectivity index (χ4v) is 2.40. The molecule has 1 heterocycles. The van der Waals surface area contributed by atoms with Crippen LogP contribution in [0.4, 0.5) is 0 Å². The number of aromatic nitrogens is 3. The summed E-state index contributed by atoms with van der Waals surface area (Å²) >= 11 is 1.47. The fourth-order valence-electron chi connectivity index (χ4n) is 1.41. The summed E-state index contributed by atoms with van der Waals surface area (Å²) in [6, 6.07) is 0. The predicted molar refractivity (Wildman–Crippen MR) is 65.8 cm³/mol. The van der Waals surface area contributed by atoms with Gasteiger partial charge in [0.05, 0.1) is 7.11 Å². The Morgan fingerprint density at radius 1 is 1.71 bits per heavy atom. The van der Waals surface area contributed by atoms with Crippen molar-refractivity contribution in [1.82, 2.24) is 20.1 Å². The van der Waals surface area contributed by atoms with Gasteiger partial charge in [0.25, 0.3) is 0 Å². The van der Waals surface area contributed by atoms with Crippen LogP contribution < -0.4 is 5.32 Å². The van der Waals surface area contributed by atoms with E-state index >= 15 is 0 Å². The van der Waals surface area contributed by atoms with Crippen molar-refractivity contribution in [1.29, 1.82) is 0 Å². The molecule has 0 saturated heterocycles. The number of rotatable bonds is 6. The molecule has 1 rings (SSSR count). The summed E-state index contributed by atoms with van der Waals surface area (Å²) in [6.07, 6.45) is 1.63. The van der Waals surface area contributed by atoms with Gasteiger partial charge in [0.15, 0.2) is 5.16 Å². The molecule has 0 bridgehead atoms. The van der Waals surface area contributed by atoms with Gasteiger partial charge in [-0.25, -0.2) is 0 Å². The van der Waals surface area contributed by atoms with Gasteiger partial charge in [-0.1, -0.05) is 18.7 Å². The highest BCUT2D eigenvalue weighted by molar-refractivity contribution is 7.99. The van der Waals surface area contributed by atoms with Gasteiger partial charge in [0.1, 0.15) is 11.9 Å². The summed E-state index contributed by atoms with van der Waals surface area (Å²) in [6.45, 7) is 4.48. The maximum Gasteiger partial charge on any atom is 0.326 e. The van der Waals surface area contributed by atoms with Gasteiger partial charge in [-0.05, 0) is 13.5 Å². The molecule has 1 unspecified atom stereocenters. The quantitative estimate of drug-likeness (QED) is 0.590. The molecule has 6 nitrogen and oxygen atoms in total. The van der Waals surface area contributed by atoms with Crippen molar-refractivity contribution < 1.29 is 9.53 Å². The van der Waals surface area contributed by atoms with Crippen LogP contribution in [0, 0.1) is 0 Å². The second-order valence-electron chi connectivity index (χ2n) is 3.87. The van der Waals surface area contributed by atoms with E-state index in [0.29, 0.717) is 12.3 Å². The van der Waals surface area contributed by atoms with E-state index in [0.717, 1.165) is 5.16 Å². The first-order chi connectivity index (χ1) is 8.03. The Labute approximate surface area is 105 Å². The largest absolute Gasteiger partial charge is 0.468 e. The number of thioether (sulfide) groups is 1. The molecule has 96 valence electrons. The van der Waals surface area contributed by atoms with Gasteiger partial charge in [-0.15, -0.1) is 10.2 Å². The molecule has 0 saturated carbocycles. The van der Waals surface area contributed by atoms with E-state index in [4.69, 9.17) is 4.74 Å². The third kappa shape index (κ3) is 3.44. The van der Waals surface area contributed by atoms with Crippen molar-refractivity contribution in [3.8, 4) is 0 Å². The van der Waals surface area contributed by atoms with Crippen LogP contribution in [0.25, 0.3) is 0 Å². The molecule has 0 amide bonds. The van der Waals surface area contributed by atoms with Crippen molar-refractivity contribution in [3.05, 3.63) is 6.33 Å². The molecule has 1 N–H and O–H groups in total. The van der Waals surface area contributed by atoms with Crippen molar-refractivity contribution in [3.63, 3.8) is 0 Å². The zero-order valence-electron chi connectivity index (χ0n) is 10.6. The van der Waals surface area contributed by atoms with Crippen molar-refractivity contribution in [2.75, 3.05) is 19.4 Å². The Balaban J connectivity index is 2.68. The average Bonchev–Trinajstić information content (AvgIpc) is 2.71. The number of hydrogen-bond donors (Lipinski definition) is 1. The Morgan fingerprint density at radius 3 is 2.88 bits per heavy atom. The SMILES string of the molecule is CCNC(C)(CSc1nncn1C)C(=O)OC. The van der Waals surface area contributed by atoms with Gasteiger partial charge in [-0.3, -0.25) is 4.79 Å². The lowest BCUT2D eigenvalue weighted by Crippen LogP contribution is -2.52. The number of carbonyl (C=O) groups excluding carboxylic acids is 1. The van der Waals surface area contributed by atoms with Crippen LogP contribution in [0.15, 0.2) is 11.5 Å². The van der Waals surface area contributed by atoms with Gasteiger partial charge >= 0.3 is 5.97 Å². The number of esters is 1. The van der Waals surface area contributed by atoms with Crippen LogP contribution in [0.1, 0.15) is 13.8 Å². The summed E-state index contributed by atoms with van der Waals surface area (Å²) in [5.74, 6) is 0.272. The summed E-state index contributed by atoms with van der Waals surface area (Å²) in [5, 5.41) is 11.7. The Bertz CT molecular complexity index is 382. The molecule has 17 heavy (non-hydrogen) atoms. The molecule has 0 spiro atoms. The highest BCUT2D eigenvalue weighted by Gasteiger charge is 2.33. The molecular formula is C10H18N4O2S. The minimum absolute atomic E-state index is 0.269. The van der Waals surface area contributed by atoms with Crippen LogP contribution in [-0.4, -0.2) is 45.7 Å². The smallest absolute Gasteiger partial charge is 0.326 e. The maximum atomic E-state index is 11.7. The minimum atomic E-state index is -0.708. The highest BCUT2D eigenvalue weighted by atomic mass is 32.2. The molecule has 0 radical (unpaired) electrons. The monoisotopic (exact) mass is 258 g/mol. The third-order valence-electron chi connectivity index (χ3n) is 2.36. The number of likely N-dealkylation sites (N-methyl/N-ethyl adjacent to an activating group) is 1. The molecule has 0 aliphatic heterocycles. The number of aryl methyl sites for hydroxylation is 1. The van der Waals surface area contributed by atoms with Crippen LogP contribution in [0.2, 0.25) is 0 Å². The van der Waals surface area contributed by atoms with Crippen LogP contribution in [0.3, 0.4) is 0 Å². The maximum absolute atomic E-state index is 11.7. The fraction of sp³-hybridized carbons (Fsp3) is 0.700. The number of carbonyl (C=O) groups is 1. The summed E-state index contributed by atoms with van der Waals surface area (Å²) in [4.78, 5) is 11.7.